The van der Waals surface area contributed by atoms with E-state index in [1.165, 1.54) is 0 Å². The predicted molar refractivity (Wildman–Crippen MR) is 54.9 cm³/mol. The van der Waals surface area contributed by atoms with Gasteiger partial charge in [-0.25, -0.2) is 4.98 Å². The van der Waals surface area contributed by atoms with Crippen LogP contribution in [0.5, 0.6) is 0 Å². The third-order valence-corrected chi connectivity index (χ3v) is 1.71. The summed E-state index contributed by atoms with van der Waals surface area (Å²) in [5.74, 6) is 5.43. The van der Waals surface area contributed by atoms with Gasteiger partial charge >= 0.3 is 0 Å². The van der Waals surface area contributed by atoms with Crippen LogP contribution in [0.3, 0.4) is 0 Å². The van der Waals surface area contributed by atoms with E-state index in [9.17, 15) is 0 Å². The molecule has 0 fully saturated rings. The van der Waals surface area contributed by atoms with E-state index in [2.05, 4.69) is 26.9 Å². The first-order valence-electron chi connectivity index (χ1n) is 3.87. The lowest BCUT2D eigenvalue weighted by atomic mass is 10.2. The molecule has 0 unspecified atom stereocenters. The molecule has 0 bridgehead atoms. The fraction of sp³-hybridized carbons (Fsp3) is 0.222. The average molecular weight is 207 g/mol. The fourth-order valence-corrected chi connectivity index (χ4v) is 1.06. The van der Waals surface area contributed by atoms with Crippen molar-refractivity contribution in [1.29, 1.82) is 0 Å². The lowest BCUT2D eigenvalue weighted by Gasteiger charge is -1.95. The molecule has 0 aliphatic carbocycles. The highest BCUT2D eigenvalue weighted by Gasteiger charge is 1.96. The number of azide groups is 1. The van der Waals surface area contributed by atoms with Crippen LogP contribution >= 0.6 is 11.6 Å². The number of halogens is 1. The summed E-state index contributed by atoms with van der Waals surface area (Å²) in [4.78, 5) is 6.61. The summed E-state index contributed by atoms with van der Waals surface area (Å²) in [5.41, 5.74) is 9.49. The Morgan fingerprint density at radius 1 is 1.64 bits per heavy atom. The fourth-order valence-electron chi connectivity index (χ4n) is 0.820. The molecule has 0 atom stereocenters. The summed E-state index contributed by atoms with van der Waals surface area (Å²) >= 11 is 5.83. The number of pyridine rings is 1. The molecule has 1 aromatic rings. The summed E-state index contributed by atoms with van der Waals surface area (Å²) in [7, 11) is 0. The molecule has 4 nitrogen and oxygen atoms in total. The molecule has 1 heterocycles. The van der Waals surface area contributed by atoms with Gasteiger partial charge in [0, 0.05) is 10.6 Å². The van der Waals surface area contributed by atoms with Crippen molar-refractivity contribution in [2.75, 3.05) is 6.54 Å². The molecule has 1 rings (SSSR count). The minimum atomic E-state index is 0.140. The molecular formula is C9H7ClN4. The molecule has 0 radical (unpaired) electrons. The van der Waals surface area contributed by atoms with Crippen molar-refractivity contribution in [2.45, 2.75) is 6.92 Å². The van der Waals surface area contributed by atoms with Crippen LogP contribution in [0.25, 0.3) is 10.4 Å². The molecule has 0 saturated carbocycles. The Bertz CT molecular complexity index is 438. The number of hydrogen-bond donors (Lipinski definition) is 0. The molecule has 0 spiro atoms. The van der Waals surface area contributed by atoms with Crippen molar-refractivity contribution < 1.29 is 0 Å². The molecule has 0 amide bonds. The molecule has 70 valence electrons. The Morgan fingerprint density at radius 2 is 2.43 bits per heavy atom. The van der Waals surface area contributed by atoms with E-state index in [0.717, 1.165) is 5.69 Å². The maximum absolute atomic E-state index is 8.01. The molecular weight excluding hydrogens is 200 g/mol. The molecule has 1 aromatic heterocycles. The van der Waals surface area contributed by atoms with E-state index in [1.54, 1.807) is 6.07 Å². The van der Waals surface area contributed by atoms with Gasteiger partial charge in [-0.3, -0.25) is 0 Å². The van der Waals surface area contributed by atoms with Crippen LogP contribution in [-0.4, -0.2) is 11.5 Å². The molecule has 0 aliphatic heterocycles. The number of aromatic nitrogens is 1. The van der Waals surface area contributed by atoms with E-state index in [1.807, 2.05) is 13.0 Å². The zero-order chi connectivity index (χ0) is 10.4. The molecule has 5 heteroatoms. The third-order valence-electron chi connectivity index (χ3n) is 1.42. The van der Waals surface area contributed by atoms with Crippen LogP contribution in [0.15, 0.2) is 17.2 Å². The Hall–Kier alpha value is -1.69. The highest BCUT2D eigenvalue weighted by atomic mass is 35.5. The van der Waals surface area contributed by atoms with E-state index in [0.29, 0.717) is 10.7 Å². The van der Waals surface area contributed by atoms with Gasteiger partial charge in [-0.1, -0.05) is 28.6 Å². The zero-order valence-electron chi connectivity index (χ0n) is 7.53. The number of nitrogens with zero attached hydrogens (tertiary/aromatic N) is 4. The quantitative estimate of drug-likeness (QED) is 0.229. The van der Waals surface area contributed by atoms with Crippen LogP contribution in [0.2, 0.25) is 5.15 Å². The van der Waals surface area contributed by atoms with Crippen molar-refractivity contribution in [3.05, 3.63) is 39.0 Å². The number of aryl methyl sites for hydroxylation is 1. The largest absolute Gasteiger partial charge is 0.240 e. The zero-order valence-corrected chi connectivity index (χ0v) is 8.28. The molecule has 0 aromatic carbocycles. The summed E-state index contributed by atoms with van der Waals surface area (Å²) in [5, 5.41) is 3.65. The van der Waals surface area contributed by atoms with E-state index in [-0.39, 0.29) is 6.54 Å². The van der Waals surface area contributed by atoms with Crippen molar-refractivity contribution in [3.63, 3.8) is 0 Å². The lowest BCUT2D eigenvalue weighted by molar-refractivity contribution is 1.19. The first kappa shape index (κ1) is 10.4. The minimum absolute atomic E-state index is 0.140. The maximum atomic E-state index is 8.01. The van der Waals surface area contributed by atoms with Gasteiger partial charge in [0.15, 0.2) is 0 Å². The second-order valence-electron chi connectivity index (χ2n) is 2.48. The Labute approximate surface area is 86.5 Å². The highest BCUT2D eigenvalue weighted by Crippen LogP contribution is 2.11. The molecule has 14 heavy (non-hydrogen) atoms. The molecule has 0 saturated heterocycles. The van der Waals surface area contributed by atoms with Gasteiger partial charge in [-0.2, -0.15) is 0 Å². The Kier molecular flexibility index (Phi) is 3.81. The van der Waals surface area contributed by atoms with Crippen LogP contribution in [0.1, 0.15) is 11.3 Å². The minimum Gasteiger partial charge on any atom is -0.240 e. The van der Waals surface area contributed by atoms with Crippen molar-refractivity contribution in [3.8, 4) is 11.8 Å². The van der Waals surface area contributed by atoms with Crippen LogP contribution in [0, 0.1) is 18.8 Å². The normalized spacial score (nSPS) is 8.43. The first-order chi connectivity index (χ1) is 6.74. The van der Waals surface area contributed by atoms with Gasteiger partial charge in [0.25, 0.3) is 0 Å². The Morgan fingerprint density at radius 3 is 3.07 bits per heavy atom. The molecule has 0 N–H and O–H groups in total. The lowest BCUT2D eigenvalue weighted by Crippen LogP contribution is -1.85. The number of rotatable bonds is 1. The van der Waals surface area contributed by atoms with Crippen LogP contribution in [0.4, 0.5) is 0 Å². The molecule has 0 aliphatic rings. The highest BCUT2D eigenvalue weighted by molar-refractivity contribution is 6.30. The van der Waals surface area contributed by atoms with Crippen molar-refractivity contribution >= 4 is 11.6 Å². The second kappa shape index (κ2) is 5.13. The van der Waals surface area contributed by atoms with Crippen molar-refractivity contribution in [1.82, 2.24) is 4.98 Å². The van der Waals surface area contributed by atoms with Crippen LogP contribution in [-0.2, 0) is 0 Å². The van der Waals surface area contributed by atoms with Gasteiger partial charge < -0.3 is 0 Å². The second-order valence-corrected chi connectivity index (χ2v) is 2.84. The monoisotopic (exact) mass is 206 g/mol. The van der Waals surface area contributed by atoms with Crippen LogP contribution < -0.4 is 0 Å². The number of hydrogen-bond acceptors (Lipinski definition) is 2. The van der Waals surface area contributed by atoms with E-state index < -0.39 is 0 Å². The Balaban J connectivity index is 2.84. The topological polar surface area (TPSA) is 61.7 Å². The maximum Gasteiger partial charge on any atom is 0.144 e. The van der Waals surface area contributed by atoms with E-state index in [4.69, 9.17) is 17.1 Å². The third kappa shape index (κ3) is 2.98. The standard InChI is InChI=1S/C9H7ClN4/c1-7-4-5-8(9(10)13-7)3-2-6-12-14-11/h4-5H,6H2,1H3. The van der Waals surface area contributed by atoms with Gasteiger partial charge in [-0.15, -0.1) is 0 Å². The summed E-state index contributed by atoms with van der Waals surface area (Å²) < 4.78 is 0. The SMILES string of the molecule is Cc1ccc(C#CCN=[N+]=[N-])c(Cl)n1. The first-order valence-corrected chi connectivity index (χ1v) is 4.24. The average Bonchev–Trinajstić information content (AvgIpc) is 2.15. The summed E-state index contributed by atoms with van der Waals surface area (Å²) in [6, 6.07) is 3.61. The van der Waals surface area contributed by atoms with Gasteiger partial charge in [-0.05, 0) is 24.6 Å². The smallest absolute Gasteiger partial charge is 0.144 e. The van der Waals surface area contributed by atoms with E-state index >= 15 is 0 Å². The summed E-state index contributed by atoms with van der Waals surface area (Å²) in [6.07, 6.45) is 0. The van der Waals surface area contributed by atoms with Crippen molar-refractivity contribution in [2.24, 2.45) is 5.11 Å². The summed E-state index contributed by atoms with van der Waals surface area (Å²) in [6.45, 7) is 1.99. The van der Waals surface area contributed by atoms with Gasteiger partial charge in [0.1, 0.15) is 5.15 Å². The van der Waals surface area contributed by atoms with Gasteiger partial charge in [0.05, 0.1) is 12.1 Å². The van der Waals surface area contributed by atoms with Gasteiger partial charge in [0.2, 0.25) is 0 Å². The predicted octanol–water partition coefficient (Wildman–Crippen LogP) is 2.71.